The van der Waals surface area contributed by atoms with E-state index < -0.39 is 9.84 Å². The van der Waals surface area contributed by atoms with E-state index in [1.165, 1.54) is 16.6 Å². The van der Waals surface area contributed by atoms with Crippen LogP contribution in [0.2, 0.25) is 0 Å². The molecule has 0 bridgehead atoms. The molecule has 9 heteroatoms. The van der Waals surface area contributed by atoms with Gasteiger partial charge in [0.05, 0.1) is 10.4 Å². The van der Waals surface area contributed by atoms with Crippen LogP contribution < -0.4 is 5.32 Å². The van der Waals surface area contributed by atoms with E-state index in [1.807, 2.05) is 50.2 Å². The molecular weight excluding hydrogens is 490 g/mol. The van der Waals surface area contributed by atoms with Crippen LogP contribution in [0.5, 0.6) is 0 Å². The average Bonchev–Trinajstić information content (AvgIpc) is 3.18. The number of aryl methyl sites for hydroxylation is 2. The normalized spacial score (nSPS) is 11.8. The highest BCUT2D eigenvalue weighted by molar-refractivity contribution is 9.10. The lowest BCUT2D eigenvalue weighted by Gasteiger charge is -2.12. The van der Waals surface area contributed by atoms with E-state index in [2.05, 4.69) is 42.6 Å². The predicted molar refractivity (Wildman–Crippen MR) is 127 cm³/mol. The molecule has 0 aliphatic carbocycles. The van der Waals surface area contributed by atoms with Crippen LogP contribution in [0.3, 0.4) is 0 Å². The number of sulfone groups is 1. The second kappa shape index (κ2) is 7.68. The lowest BCUT2D eigenvalue weighted by atomic mass is 10.1. The molecule has 5 rings (SSSR count). The van der Waals surface area contributed by atoms with Crippen molar-refractivity contribution in [3.63, 3.8) is 0 Å². The third kappa shape index (κ3) is 3.53. The number of hydrogen-bond donors (Lipinski definition) is 1. The molecule has 0 radical (unpaired) electrons. The minimum absolute atomic E-state index is 0.127. The van der Waals surface area contributed by atoms with Gasteiger partial charge in [-0.25, -0.2) is 13.4 Å². The van der Waals surface area contributed by atoms with Crippen molar-refractivity contribution in [3.8, 4) is 0 Å². The molecule has 0 unspecified atom stereocenters. The maximum Gasteiger partial charge on any atom is 0.229 e. The second-order valence-electron chi connectivity index (χ2n) is 7.57. The van der Waals surface area contributed by atoms with E-state index in [0.717, 1.165) is 26.7 Å². The lowest BCUT2D eigenvalue weighted by Crippen LogP contribution is -2.05. The van der Waals surface area contributed by atoms with Crippen molar-refractivity contribution in [1.82, 2.24) is 19.8 Å². The summed E-state index contributed by atoms with van der Waals surface area (Å²) < 4.78 is 28.9. The highest BCUT2D eigenvalue weighted by Crippen LogP contribution is 2.30. The van der Waals surface area contributed by atoms with E-state index in [-0.39, 0.29) is 15.6 Å². The van der Waals surface area contributed by atoms with Crippen molar-refractivity contribution in [2.24, 2.45) is 0 Å². The highest BCUT2D eigenvalue weighted by Gasteiger charge is 2.27. The molecule has 0 atom stereocenters. The van der Waals surface area contributed by atoms with Gasteiger partial charge in [0.1, 0.15) is 5.82 Å². The van der Waals surface area contributed by atoms with Crippen molar-refractivity contribution in [2.45, 2.75) is 23.8 Å². The number of para-hydroxylation sites is 1. The number of hydrogen-bond acceptors (Lipinski definition) is 6. The van der Waals surface area contributed by atoms with E-state index in [4.69, 9.17) is 0 Å². The molecule has 0 spiro atoms. The Labute approximate surface area is 193 Å². The van der Waals surface area contributed by atoms with Crippen molar-refractivity contribution in [1.29, 1.82) is 0 Å². The molecule has 2 aromatic heterocycles. The molecule has 0 saturated carbocycles. The van der Waals surface area contributed by atoms with Gasteiger partial charge in [0, 0.05) is 15.5 Å². The van der Waals surface area contributed by atoms with Crippen molar-refractivity contribution < 1.29 is 8.42 Å². The Morgan fingerprint density at radius 2 is 1.62 bits per heavy atom. The first kappa shape index (κ1) is 20.6. The molecule has 0 aliphatic heterocycles. The summed E-state index contributed by atoms with van der Waals surface area (Å²) >= 11 is 3.33. The van der Waals surface area contributed by atoms with Gasteiger partial charge in [-0.15, -0.1) is 5.10 Å². The minimum Gasteiger partial charge on any atom is -0.340 e. The van der Waals surface area contributed by atoms with Crippen LogP contribution in [0.1, 0.15) is 11.1 Å². The summed E-state index contributed by atoms with van der Waals surface area (Å²) in [6.07, 6.45) is 0. The van der Waals surface area contributed by atoms with Gasteiger partial charge in [-0.1, -0.05) is 39.3 Å². The summed E-state index contributed by atoms with van der Waals surface area (Å²) in [6.45, 7) is 4.05. The summed E-state index contributed by atoms with van der Waals surface area (Å²) in [5.41, 5.74) is 3.96. The Morgan fingerprint density at radius 3 is 2.34 bits per heavy atom. The molecule has 7 nitrogen and oxygen atoms in total. The molecule has 0 fully saturated rings. The maximum absolute atomic E-state index is 13.3. The van der Waals surface area contributed by atoms with Gasteiger partial charge in [0.25, 0.3) is 0 Å². The quantitative estimate of drug-likeness (QED) is 0.358. The molecular formula is C23H18BrN5O2S. The van der Waals surface area contributed by atoms with Crippen LogP contribution in [0.4, 0.5) is 11.5 Å². The van der Waals surface area contributed by atoms with Crippen LogP contribution in [0.25, 0.3) is 16.6 Å². The van der Waals surface area contributed by atoms with E-state index in [1.54, 1.807) is 12.1 Å². The van der Waals surface area contributed by atoms with Crippen molar-refractivity contribution in [2.75, 3.05) is 5.32 Å². The van der Waals surface area contributed by atoms with Crippen LogP contribution in [-0.4, -0.2) is 28.2 Å². The zero-order valence-electron chi connectivity index (χ0n) is 17.2. The summed E-state index contributed by atoms with van der Waals surface area (Å²) in [5.74, 6) is 0.535. The predicted octanol–water partition coefficient (Wildman–Crippen LogP) is 5.23. The Morgan fingerprint density at radius 1 is 0.938 bits per heavy atom. The van der Waals surface area contributed by atoms with Crippen LogP contribution in [0, 0.1) is 13.8 Å². The van der Waals surface area contributed by atoms with Crippen molar-refractivity contribution >= 4 is 53.8 Å². The Balaban J connectivity index is 1.74. The maximum atomic E-state index is 13.3. The third-order valence-electron chi connectivity index (χ3n) is 5.08. The smallest absolute Gasteiger partial charge is 0.229 e. The molecule has 3 aromatic carbocycles. The SMILES string of the molecule is Cc1cc(C)cc(Nc2nc3c(S(=O)(=O)c4ccc(Br)cc4)nnn3c3ccccc23)c1. The molecule has 5 aromatic rings. The molecule has 1 N–H and O–H groups in total. The summed E-state index contributed by atoms with van der Waals surface area (Å²) in [6, 6.07) is 20.1. The summed E-state index contributed by atoms with van der Waals surface area (Å²) in [4.78, 5) is 4.79. The first-order chi connectivity index (χ1) is 15.3. The standard InChI is InChI=1S/C23H18BrN5O2S/c1-14-11-15(2)13-17(12-14)25-21-19-5-3-4-6-20(19)29-22(26-21)23(27-28-29)32(30,31)18-9-7-16(24)8-10-18/h3-13H,1-2H3,(H,25,26). The lowest BCUT2D eigenvalue weighted by molar-refractivity contribution is 0.592. The molecule has 32 heavy (non-hydrogen) atoms. The number of anilines is 2. The number of fused-ring (bicyclic) bond motifs is 3. The van der Waals surface area contributed by atoms with Gasteiger partial charge in [0.2, 0.25) is 14.9 Å². The number of benzene rings is 3. The number of aromatic nitrogens is 4. The first-order valence-electron chi connectivity index (χ1n) is 9.83. The fraction of sp³-hybridized carbons (Fsp3) is 0.0870. The summed E-state index contributed by atoms with van der Waals surface area (Å²) in [5, 5.41) is 12.1. The highest BCUT2D eigenvalue weighted by atomic mass is 79.9. The van der Waals surface area contributed by atoms with Crippen molar-refractivity contribution in [3.05, 3.63) is 82.3 Å². The monoisotopic (exact) mass is 507 g/mol. The number of halogens is 1. The average molecular weight is 508 g/mol. The van der Waals surface area contributed by atoms with Gasteiger partial charge in [-0.2, -0.15) is 4.52 Å². The van der Waals surface area contributed by atoms with Crippen LogP contribution >= 0.6 is 15.9 Å². The van der Waals surface area contributed by atoms with Gasteiger partial charge < -0.3 is 5.32 Å². The Bertz CT molecular complexity index is 1570. The minimum atomic E-state index is -3.92. The van der Waals surface area contributed by atoms with Crippen LogP contribution in [0.15, 0.2) is 81.1 Å². The first-order valence-corrected chi connectivity index (χ1v) is 12.1. The fourth-order valence-corrected chi connectivity index (χ4v) is 5.22. The number of nitrogens with one attached hydrogen (secondary N) is 1. The van der Waals surface area contributed by atoms with Crippen LogP contribution in [-0.2, 0) is 9.84 Å². The summed E-state index contributed by atoms with van der Waals surface area (Å²) in [7, 11) is -3.92. The van der Waals surface area contributed by atoms with Gasteiger partial charge >= 0.3 is 0 Å². The van der Waals surface area contributed by atoms with Gasteiger partial charge in [-0.05, 0) is 73.5 Å². The largest absolute Gasteiger partial charge is 0.340 e. The van der Waals surface area contributed by atoms with Gasteiger partial charge in [-0.3, -0.25) is 0 Å². The number of rotatable bonds is 4. The molecule has 0 saturated heterocycles. The third-order valence-corrected chi connectivity index (χ3v) is 7.28. The Kier molecular flexibility index (Phi) is 4.94. The second-order valence-corrected chi connectivity index (χ2v) is 10.3. The van der Waals surface area contributed by atoms with Gasteiger partial charge in [0.15, 0.2) is 5.65 Å². The zero-order chi connectivity index (χ0) is 22.5. The number of nitrogens with zero attached hydrogens (tertiary/aromatic N) is 4. The van der Waals surface area contributed by atoms with E-state index in [9.17, 15) is 8.42 Å². The molecule has 2 heterocycles. The van der Waals surface area contributed by atoms with E-state index in [0.29, 0.717) is 11.3 Å². The molecule has 0 amide bonds. The van der Waals surface area contributed by atoms with E-state index >= 15 is 0 Å². The topological polar surface area (TPSA) is 89.2 Å². The fourth-order valence-electron chi connectivity index (χ4n) is 3.72. The zero-order valence-corrected chi connectivity index (χ0v) is 19.6. The molecule has 0 aliphatic rings. The Hall–Kier alpha value is -3.30. The molecule has 160 valence electrons.